The van der Waals surface area contributed by atoms with Crippen molar-refractivity contribution < 1.29 is 0 Å². The summed E-state index contributed by atoms with van der Waals surface area (Å²) < 4.78 is 0. The third kappa shape index (κ3) is 2.28. The van der Waals surface area contributed by atoms with Crippen molar-refractivity contribution in [3.05, 3.63) is 77.2 Å². The van der Waals surface area contributed by atoms with Crippen molar-refractivity contribution in [2.24, 2.45) is 0 Å². The first-order valence-electron chi connectivity index (χ1n) is 8.18. The largest absolute Gasteiger partial charge is 0.345 e. The molecule has 2 N–H and O–H groups in total. The van der Waals surface area contributed by atoms with Crippen LogP contribution in [0.1, 0.15) is 0 Å². The highest BCUT2D eigenvalue weighted by Gasteiger charge is 2.16. The van der Waals surface area contributed by atoms with E-state index in [1.807, 2.05) is 48.5 Å². The molecule has 0 aliphatic heterocycles. The minimum absolute atomic E-state index is 0.165. The average Bonchev–Trinajstić information content (AvgIpc) is 3.12. The highest BCUT2D eigenvalue weighted by atomic mass is 16.1. The lowest BCUT2D eigenvalue weighted by atomic mass is 10.1. The maximum atomic E-state index is 12.2. The van der Waals surface area contributed by atoms with Gasteiger partial charge in [-0.3, -0.25) is 4.79 Å². The van der Waals surface area contributed by atoms with E-state index in [0.717, 1.165) is 22.3 Å². The second-order valence-electron chi connectivity index (χ2n) is 5.95. The molecule has 0 amide bonds. The summed E-state index contributed by atoms with van der Waals surface area (Å²) in [6.07, 6.45) is 3.32. The molecular weight excluding hydrogens is 326 g/mol. The van der Waals surface area contributed by atoms with Crippen LogP contribution in [0, 0.1) is 0 Å². The normalized spacial score (nSPS) is 11.2. The van der Waals surface area contributed by atoms with E-state index < -0.39 is 0 Å². The van der Waals surface area contributed by atoms with Gasteiger partial charge in [-0.1, -0.05) is 30.3 Å². The van der Waals surface area contributed by atoms with Gasteiger partial charge in [-0.15, -0.1) is 0 Å². The molecule has 4 heterocycles. The Hall–Kier alpha value is -3.80. The lowest BCUT2D eigenvalue weighted by Crippen LogP contribution is -2.06. The van der Waals surface area contributed by atoms with Gasteiger partial charge in [0.05, 0.1) is 5.69 Å². The van der Waals surface area contributed by atoms with E-state index in [2.05, 4.69) is 19.9 Å². The minimum atomic E-state index is -0.165. The Kier molecular flexibility index (Phi) is 3.15. The molecule has 6 nitrogen and oxygen atoms in total. The van der Waals surface area contributed by atoms with Crippen LogP contribution in [0.5, 0.6) is 0 Å². The van der Waals surface area contributed by atoms with E-state index in [-0.39, 0.29) is 5.43 Å². The minimum Gasteiger partial charge on any atom is -0.345 e. The Balaban J connectivity index is 1.87. The predicted molar refractivity (Wildman–Crippen MR) is 101 cm³/mol. The number of benzene rings is 1. The SMILES string of the molecule is O=c1cc[nH]c2nc(-c3ccccc3)c(-c3cc4cccnc4[nH]3)nc12. The third-order valence-corrected chi connectivity index (χ3v) is 4.28. The fourth-order valence-electron chi connectivity index (χ4n) is 3.05. The van der Waals surface area contributed by atoms with Gasteiger partial charge in [0, 0.05) is 29.4 Å². The van der Waals surface area contributed by atoms with Crippen LogP contribution in [0.15, 0.2) is 71.8 Å². The van der Waals surface area contributed by atoms with Crippen LogP contribution in [-0.4, -0.2) is 24.9 Å². The lowest BCUT2D eigenvalue weighted by molar-refractivity contribution is 1.20. The van der Waals surface area contributed by atoms with E-state index in [0.29, 0.717) is 22.6 Å². The zero-order valence-electron chi connectivity index (χ0n) is 13.6. The number of hydrogen-bond acceptors (Lipinski definition) is 4. The molecule has 0 saturated heterocycles. The molecule has 0 aliphatic rings. The maximum absolute atomic E-state index is 12.2. The van der Waals surface area contributed by atoms with E-state index >= 15 is 0 Å². The van der Waals surface area contributed by atoms with Crippen LogP contribution >= 0.6 is 0 Å². The second-order valence-corrected chi connectivity index (χ2v) is 5.95. The van der Waals surface area contributed by atoms with E-state index in [1.54, 1.807) is 12.4 Å². The Bertz CT molecular complexity index is 1270. The summed E-state index contributed by atoms with van der Waals surface area (Å²) in [5.41, 5.74) is 4.41. The molecule has 0 radical (unpaired) electrons. The van der Waals surface area contributed by atoms with E-state index in [1.165, 1.54) is 6.07 Å². The standard InChI is InChI=1S/C20H13N5O/c26-15-8-10-22-20-18(15)24-17(16(25-20)12-5-2-1-3-6-12)14-11-13-7-4-9-21-19(13)23-14/h1-11H,(H,21,23)(H,22,25,26). The number of H-pyrrole nitrogens is 2. The topological polar surface area (TPSA) is 87.3 Å². The molecule has 5 rings (SSSR count). The molecule has 0 spiro atoms. The predicted octanol–water partition coefficient (Wildman–Crippen LogP) is 3.53. The van der Waals surface area contributed by atoms with Crippen molar-refractivity contribution in [2.75, 3.05) is 0 Å². The lowest BCUT2D eigenvalue weighted by Gasteiger charge is -2.08. The van der Waals surface area contributed by atoms with Gasteiger partial charge < -0.3 is 9.97 Å². The van der Waals surface area contributed by atoms with Crippen LogP contribution in [0.3, 0.4) is 0 Å². The van der Waals surface area contributed by atoms with Crippen LogP contribution in [-0.2, 0) is 0 Å². The van der Waals surface area contributed by atoms with Crippen molar-refractivity contribution in [1.82, 2.24) is 24.9 Å². The fourth-order valence-corrected chi connectivity index (χ4v) is 3.05. The number of aromatic amines is 2. The number of fused-ring (bicyclic) bond motifs is 2. The average molecular weight is 339 g/mol. The van der Waals surface area contributed by atoms with Crippen LogP contribution in [0.4, 0.5) is 0 Å². The monoisotopic (exact) mass is 339 g/mol. The number of aromatic nitrogens is 5. The number of pyridine rings is 2. The summed E-state index contributed by atoms with van der Waals surface area (Å²) in [5, 5.41) is 0.977. The van der Waals surface area contributed by atoms with E-state index in [4.69, 9.17) is 4.98 Å². The first-order chi connectivity index (χ1) is 12.8. The van der Waals surface area contributed by atoms with Gasteiger partial charge in [0.1, 0.15) is 17.0 Å². The summed E-state index contributed by atoms with van der Waals surface area (Å²) >= 11 is 0. The molecule has 5 aromatic rings. The molecule has 0 saturated carbocycles. The van der Waals surface area contributed by atoms with Crippen molar-refractivity contribution >= 4 is 22.2 Å². The summed E-state index contributed by atoms with van der Waals surface area (Å²) in [4.78, 5) is 32.2. The van der Waals surface area contributed by atoms with Crippen molar-refractivity contribution in [2.45, 2.75) is 0 Å². The molecular formula is C20H13N5O. The zero-order chi connectivity index (χ0) is 17.5. The Morgan fingerprint density at radius 1 is 0.846 bits per heavy atom. The smallest absolute Gasteiger partial charge is 0.209 e. The molecule has 1 aromatic carbocycles. The molecule has 0 fully saturated rings. The zero-order valence-corrected chi connectivity index (χ0v) is 13.6. The van der Waals surface area contributed by atoms with E-state index in [9.17, 15) is 4.79 Å². The summed E-state index contributed by atoms with van der Waals surface area (Å²) in [5.74, 6) is 0. The molecule has 0 bridgehead atoms. The van der Waals surface area contributed by atoms with Gasteiger partial charge in [0.15, 0.2) is 11.2 Å². The number of hydrogen-bond donors (Lipinski definition) is 2. The molecule has 4 aromatic heterocycles. The Morgan fingerprint density at radius 2 is 1.73 bits per heavy atom. The summed E-state index contributed by atoms with van der Waals surface area (Å²) in [6.45, 7) is 0. The Morgan fingerprint density at radius 3 is 2.58 bits per heavy atom. The molecule has 0 atom stereocenters. The van der Waals surface area contributed by atoms with Gasteiger partial charge >= 0.3 is 0 Å². The highest BCUT2D eigenvalue weighted by molar-refractivity contribution is 5.88. The number of nitrogens with one attached hydrogen (secondary N) is 2. The molecule has 0 aliphatic carbocycles. The molecule has 26 heavy (non-hydrogen) atoms. The van der Waals surface area contributed by atoms with Crippen molar-refractivity contribution in [1.29, 1.82) is 0 Å². The number of rotatable bonds is 2. The first kappa shape index (κ1) is 14.5. The van der Waals surface area contributed by atoms with Gasteiger partial charge in [0.2, 0.25) is 5.43 Å². The van der Waals surface area contributed by atoms with Gasteiger partial charge in [-0.25, -0.2) is 15.0 Å². The highest BCUT2D eigenvalue weighted by Crippen LogP contribution is 2.30. The van der Waals surface area contributed by atoms with Crippen LogP contribution < -0.4 is 5.43 Å². The molecule has 6 heteroatoms. The van der Waals surface area contributed by atoms with Crippen LogP contribution in [0.2, 0.25) is 0 Å². The van der Waals surface area contributed by atoms with Gasteiger partial charge in [-0.05, 0) is 18.2 Å². The van der Waals surface area contributed by atoms with Crippen molar-refractivity contribution in [3.63, 3.8) is 0 Å². The first-order valence-corrected chi connectivity index (χ1v) is 8.18. The summed E-state index contributed by atoms with van der Waals surface area (Å²) in [7, 11) is 0. The Labute approximate surface area is 147 Å². The molecule has 124 valence electrons. The number of nitrogens with zero attached hydrogens (tertiary/aromatic N) is 3. The van der Waals surface area contributed by atoms with Gasteiger partial charge in [-0.2, -0.15) is 0 Å². The maximum Gasteiger partial charge on any atom is 0.209 e. The second kappa shape index (κ2) is 5.63. The third-order valence-electron chi connectivity index (χ3n) is 4.28. The van der Waals surface area contributed by atoms with Crippen LogP contribution in [0.25, 0.3) is 44.8 Å². The fraction of sp³-hybridized carbons (Fsp3) is 0. The molecule has 0 unspecified atom stereocenters. The van der Waals surface area contributed by atoms with Crippen molar-refractivity contribution in [3.8, 4) is 22.6 Å². The quantitative estimate of drug-likeness (QED) is 0.515. The van der Waals surface area contributed by atoms with Gasteiger partial charge in [0.25, 0.3) is 0 Å². The summed E-state index contributed by atoms with van der Waals surface area (Å²) in [6, 6.07) is 17.1.